The van der Waals surface area contributed by atoms with Crippen LogP contribution in [0.15, 0.2) is 0 Å². The highest BCUT2D eigenvalue weighted by molar-refractivity contribution is 5.29. The lowest BCUT2D eigenvalue weighted by Crippen LogP contribution is -2.28. The van der Waals surface area contributed by atoms with Gasteiger partial charge in [-0.3, -0.25) is 5.10 Å². The first-order chi connectivity index (χ1) is 9.38. The summed E-state index contributed by atoms with van der Waals surface area (Å²) in [6.45, 7) is 7.11. The predicted molar refractivity (Wildman–Crippen MR) is 73.5 cm³/mol. The van der Waals surface area contributed by atoms with Crippen LogP contribution in [-0.2, 0) is 4.74 Å². The van der Waals surface area contributed by atoms with Gasteiger partial charge in [0.2, 0.25) is 5.95 Å². The molecule has 3 heterocycles. The molecule has 0 aromatic carbocycles. The summed E-state index contributed by atoms with van der Waals surface area (Å²) in [7, 11) is 0. The lowest BCUT2D eigenvalue weighted by atomic mass is 9.99. The normalized spacial score (nSPS) is 28.6. The van der Waals surface area contributed by atoms with Crippen molar-refractivity contribution in [2.24, 2.45) is 0 Å². The van der Waals surface area contributed by atoms with E-state index < -0.39 is 0 Å². The molecule has 6 nitrogen and oxygen atoms in total. The zero-order chi connectivity index (χ0) is 13.1. The molecule has 19 heavy (non-hydrogen) atoms. The molecule has 1 aromatic rings. The molecule has 2 atom stereocenters. The maximum absolute atomic E-state index is 5.73. The number of H-pyrrole nitrogens is 1. The first-order valence-electron chi connectivity index (χ1n) is 7.38. The number of aromatic amines is 1. The highest BCUT2D eigenvalue weighted by Gasteiger charge is 2.31. The van der Waals surface area contributed by atoms with E-state index in [1.807, 2.05) is 0 Å². The van der Waals surface area contributed by atoms with E-state index >= 15 is 0 Å². The Morgan fingerprint density at radius 1 is 1.37 bits per heavy atom. The van der Waals surface area contributed by atoms with Gasteiger partial charge in [-0.25, -0.2) is 0 Å². The van der Waals surface area contributed by atoms with Crippen LogP contribution < -0.4 is 10.2 Å². The molecule has 3 rings (SSSR count). The lowest BCUT2D eigenvalue weighted by Gasteiger charge is -2.17. The Kier molecular flexibility index (Phi) is 3.98. The number of aromatic nitrogens is 3. The summed E-state index contributed by atoms with van der Waals surface area (Å²) in [5.74, 6) is 2.23. The van der Waals surface area contributed by atoms with Crippen molar-refractivity contribution in [1.82, 2.24) is 20.5 Å². The van der Waals surface area contributed by atoms with Gasteiger partial charge in [-0.05, 0) is 25.8 Å². The first-order valence-corrected chi connectivity index (χ1v) is 7.38. The van der Waals surface area contributed by atoms with Gasteiger partial charge in [0, 0.05) is 32.2 Å². The van der Waals surface area contributed by atoms with Crippen molar-refractivity contribution >= 4 is 5.95 Å². The second kappa shape index (κ2) is 5.88. The summed E-state index contributed by atoms with van der Waals surface area (Å²) in [6, 6.07) is 0. The van der Waals surface area contributed by atoms with Crippen molar-refractivity contribution in [2.45, 2.75) is 38.2 Å². The molecule has 2 saturated heterocycles. The van der Waals surface area contributed by atoms with Gasteiger partial charge in [0.25, 0.3) is 0 Å². The van der Waals surface area contributed by atoms with E-state index in [1.54, 1.807) is 0 Å². The Bertz CT molecular complexity index is 399. The minimum absolute atomic E-state index is 0.298. The summed E-state index contributed by atoms with van der Waals surface area (Å²) < 4.78 is 5.73. The minimum atomic E-state index is 0.298. The number of nitrogens with one attached hydrogen (secondary N) is 2. The van der Waals surface area contributed by atoms with Gasteiger partial charge in [-0.15, -0.1) is 5.10 Å². The Morgan fingerprint density at radius 3 is 3.21 bits per heavy atom. The molecular formula is C13H23N5O. The van der Waals surface area contributed by atoms with Gasteiger partial charge in [0.05, 0.1) is 6.10 Å². The molecule has 106 valence electrons. The third-order valence-corrected chi connectivity index (χ3v) is 4.08. The third-order valence-electron chi connectivity index (χ3n) is 4.08. The van der Waals surface area contributed by atoms with E-state index in [2.05, 4.69) is 27.3 Å². The van der Waals surface area contributed by atoms with Crippen molar-refractivity contribution in [3.05, 3.63) is 5.82 Å². The maximum atomic E-state index is 5.73. The van der Waals surface area contributed by atoms with Gasteiger partial charge in [0.15, 0.2) is 0 Å². The molecule has 1 aromatic heterocycles. The Balaban J connectivity index is 1.71. The molecule has 2 aliphatic heterocycles. The average Bonchev–Trinajstić information content (AvgIpc) is 3.01. The van der Waals surface area contributed by atoms with Gasteiger partial charge >= 0.3 is 0 Å². The Morgan fingerprint density at radius 2 is 2.32 bits per heavy atom. The quantitative estimate of drug-likeness (QED) is 0.849. The fourth-order valence-corrected chi connectivity index (χ4v) is 2.98. The van der Waals surface area contributed by atoms with Gasteiger partial charge in [0.1, 0.15) is 5.82 Å². The zero-order valence-corrected chi connectivity index (χ0v) is 11.6. The molecule has 0 amide bonds. The Labute approximate surface area is 113 Å². The van der Waals surface area contributed by atoms with Crippen molar-refractivity contribution in [1.29, 1.82) is 0 Å². The van der Waals surface area contributed by atoms with Gasteiger partial charge < -0.3 is 15.0 Å². The number of anilines is 1. The first kappa shape index (κ1) is 12.9. The van der Waals surface area contributed by atoms with Crippen LogP contribution in [0.4, 0.5) is 5.95 Å². The van der Waals surface area contributed by atoms with E-state index in [-0.39, 0.29) is 0 Å². The van der Waals surface area contributed by atoms with Crippen LogP contribution in [0.1, 0.15) is 37.9 Å². The topological polar surface area (TPSA) is 66.1 Å². The highest BCUT2D eigenvalue weighted by atomic mass is 16.5. The van der Waals surface area contributed by atoms with Crippen LogP contribution in [0.25, 0.3) is 0 Å². The molecule has 0 bridgehead atoms. The molecule has 2 N–H and O–H groups in total. The minimum Gasteiger partial charge on any atom is -0.377 e. The SMILES string of the molecule is CCC1OCCC1c1nc(N2CCCNCC2)n[nH]1. The fraction of sp³-hybridized carbons (Fsp3) is 0.846. The smallest absolute Gasteiger partial charge is 0.244 e. The van der Waals surface area contributed by atoms with Crippen LogP contribution in [0.2, 0.25) is 0 Å². The zero-order valence-electron chi connectivity index (χ0n) is 11.6. The van der Waals surface area contributed by atoms with E-state index in [9.17, 15) is 0 Å². The Hall–Kier alpha value is -1.14. The molecule has 2 aliphatic rings. The fourth-order valence-electron chi connectivity index (χ4n) is 2.98. The second-order valence-electron chi connectivity index (χ2n) is 5.32. The summed E-state index contributed by atoms with van der Waals surface area (Å²) in [5.41, 5.74) is 0. The van der Waals surface area contributed by atoms with Crippen molar-refractivity contribution < 1.29 is 4.74 Å². The molecule has 0 aliphatic carbocycles. The van der Waals surface area contributed by atoms with Crippen LogP contribution in [0.5, 0.6) is 0 Å². The maximum Gasteiger partial charge on any atom is 0.244 e. The predicted octanol–water partition coefficient (Wildman–Crippen LogP) is 0.887. The third kappa shape index (κ3) is 2.74. The van der Waals surface area contributed by atoms with Gasteiger partial charge in [-0.1, -0.05) is 6.92 Å². The van der Waals surface area contributed by atoms with E-state index in [4.69, 9.17) is 9.72 Å². The molecule has 2 fully saturated rings. The van der Waals surface area contributed by atoms with Crippen molar-refractivity contribution in [2.75, 3.05) is 37.7 Å². The summed E-state index contributed by atoms with van der Waals surface area (Å²) in [5, 5.41) is 10.9. The number of nitrogens with zero attached hydrogens (tertiary/aromatic N) is 3. The van der Waals surface area contributed by atoms with Crippen molar-refractivity contribution in [3.63, 3.8) is 0 Å². The largest absolute Gasteiger partial charge is 0.377 e. The monoisotopic (exact) mass is 265 g/mol. The summed E-state index contributed by atoms with van der Waals surface area (Å²) in [6.07, 6.45) is 3.53. The molecule has 0 radical (unpaired) electrons. The number of hydrogen-bond acceptors (Lipinski definition) is 5. The number of ether oxygens (including phenoxy) is 1. The molecular weight excluding hydrogens is 242 g/mol. The van der Waals surface area contributed by atoms with E-state index in [0.717, 1.165) is 63.8 Å². The molecule has 6 heteroatoms. The summed E-state index contributed by atoms with van der Waals surface area (Å²) in [4.78, 5) is 6.97. The molecule has 0 spiro atoms. The van der Waals surface area contributed by atoms with Gasteiger partial charge in [-0.2, -0.15) is 4.98 Å². The van der Waals surface area contributed by atoms with Crippen LogP contribution in [0, 0.1) is 0 Å². The van der Waals surface area contributed by atoms with E-state index in [1.165, 1.54) is 0 Å². The van der Waals surface area contributed by atoms with Crippen LogP contribution in [0.3, 0.4) is 0 Å². The van der Waals surface area contributed by atoms with Crippen LogP contribution >= 0.6 is 0 Å². The molecule has 0 saturated carbocycles. The summed E-state index contributed by atoms with van der Waals surface area (Å²) >= 11 is 0. The number of hydrogen-bond donors (Lipinski definition) is 2. The molecule has 2 unspecified atom stereocenters. The van der Waals surface area contributed by atoms with Crippen LogP contribution in [-0.4, -0.2) is 54.1 Å². The standard InChI is InChI=1S/C13H23N5O/c1-2-11-10(4-9-19-11)12-15-13(17-16-12)18-7-3-5-14-6-8-18/h10-11,14H,2-9H2,1H3,(H,15,16,17). The second-order valence-corrected chi connectivity index (χ2v) is 5.32. The number of rotatable bonds is 3. The average molecular weight is 265 g/mol. The highest BCUT2D eigenvalue weighted by Crippen LogP contribution is 2.31. The van der Waals surface area contributed by atoms with Crippen molar-refractivity contribution in [3.8, 4) is 0 Å². The lowest BCUT2D eigenvalue weighted by molar-refractivity contribution is 0.0995. The van der Waals surface area contributed by atoms with E-state index in [0.29, 0.717) is 12.0 Å².